The zero-order chi connectivity index (χ0) is 14.9. The molecule has 2 nitrogen and oxygen atoms in total. The minimum Gasteiger partial charge on any atom is -0.322 e. The SMILES string of the molecule is Cc1ccc(NC(=O)c2c(F)cc(Br)cc2F)c(C)c1. The van der Waals surface area contributed by atoms with Gasteiger partial charge in [-0.05, 0) is 37.6 Å². The van der Waals surface area contributed by atoms with Crippen molar-refractivity contribution in [3.8, 4) is 0 Å². The fraction of sp³-hybridized carbons (Fsp3) is 0.133. The summed E-state index contributed by atoms with van der Waals surface area (Å²) in [6.45, 7) is 3.74. The van der Waals surface area contributed by atoms with Crippen molar-refractivity contribution in [2.75, 3.05) is 5.32 Å². The Bertz CT molecular complexity index is 663. The van der Waals surface area contributed by atoms with Gasteiger partial charge < -0.3 is 5.32 Å². The quantitative estimate of drug-likeness (QED) is 0.851. The van der Waals surface area contributed by atoms with Gasteiger partial charge in [0.15, 0.2) is 0 Å². The molecule has 0 saturated carbocycles. The van der Waals surface area contributed by atoms with Crippen molar-refractivity contribution in [3.63, 3.8) is 0 Å². The molecule has 0 spiro atoms. The number of anilines is 1. The molecule has 104 valence electrons. The molecule has 0 saturated heterocycles. The standard InChI is InChI=1S/C15H12BrF2NO/c1-8-3-4-13(9(2)5-8)19-15(20)14-11(17)6-10(16)7-12(14)18/h3-7H,1-2H3,(H,19,20). The molecule has 0 aliphatic carbocycles. The van der Waals surface area contributed by atoms with Gasteiger partial charge in [0.2, 0.25) is 0 Å². The van der Waals surface area contributed by atoms with Crippen LogP contribution in [0.2, 0.25) is 0 Å². The zero-order valence-electron chi connectivity index (χ0n) is 10.9. The lowest BCUT2D eigenvalue weighted by Gasteiger charge is -2.10. The van der Waals surface area contributed by atoms with Crippen molar-refractivity contribution in [1.82, 2.24) is 0 Å². The van der Waals surface area contributed by atoms with Crippen molar-refractivity contribution in [2.24, 2.45) is 0 Å². The number of carbonyl (C=O) groups is 1. The van der Waals surface area contributed by atoms with Crippen LogP contribution in [0.5, 0.6) is 0 Å². The van der Waals surface area contributed by atoms with Crippen LogP contribution in [0.4, 0.5) is 14.5 Å². The summed E-state index contributed by atoms with van der Waals surface area (Å²) < 4.78 is 27.6. The summed E-state index contributed by atoms with van der Waals surface area (Å²) >= 11 is 2.97. The van der Waals surface area contributed by atoms with E-state index in [2.05, 4.69) is 21.2 Å². The highest BCUT2D eigenvalue weighted by Crippen LogP contribution is 2.22. The summed E-state index contributed by atoms with van der Waals surface area (Å²) in [7, 11) is 0. The molecule has 0 fully saturated rings. The van der Waals surface area contributed by atoms with Crippen LogP contribution >= 0.6 is 15.9 Å². The van der Waals surface area contributed by atoms with Gasteiger partial charge in [-0.1, -0.05) is 33.6 Å². The summed E-state index contributed by atoms with van der Waals surface area (Å²) in [6, 6.07) is 7.51. The van der Waals surface area contributed by atoms with Gasteiger partial charge in [-0.3, -0.25) is 4.79 Å². The first kappa shape index (κ1) is 14.7. The molecule has 0 bridgehead atoms. The van der Waals surface area contributed by atoms with Gasteiger partial charge in [-0.15, -0.1) is 0 Å². The molecule has 2 rings (SSSR count). The monoisotopic (exact) mass is 339 g/mol. The van der Waals surface area contributed by atoms with Crippen molar-refractivity contribution in [2.45, 2.75) is 13.8 Å². The molecule has 0 aliphatic rings. The molecule has 1 N–H and O–H groups in total. The minimum absolute atomic E-state index is 0.246. The van der Waals surface area contributed by atoms with E-state index in [1.54, 1.807) is 6.07 Å². The van der Waals surface area contributed by atoms with Crippen LogP contribution in [0.15, 0.2) is 34.8 Å². The molecule has 5 heteroatoms. The van der Waals surface area contributed by atoms with Crippen LogP contribution in [0.3, 0.4) is 0 Å². The van der Waals surface area contributed by atoms with Crippen LogP contribution in [0.1, 0.15) is 21.5 Å². The lowest BCUT2D eigenvalue weighted by atomic mass is 10.1. The van der Waals surface area contributed by atoms with Gasteiger partial charge in [0, 0.05) is 10.2 Å². The number of carbonyl (C=O) groups excluding carboxylic acids is 1. The van der Waals surface area contributed by atoms with Gasteiger partial charge in [-0.25, -0.2) is 8.78 Å². The normalized spacial score (nSPS) is 10.4. The fourth-order valence-corrected chi connectivity index (χ4v) is 2.30. The van der Waals surface area contributed by atoms with Crippen LogP contribution in [-0.4, -0.2) is 5.91 Å². The van der Waals surface area contributed by atoms with Crippen molar-refractivity contribution < 1.29 is 13.6 Å². The van der Waals surface area contributed by atoms with Gasteiger partial charge >= 0.3 is 0 Å². The van der Waals surface area contributed by atoms with E-state index >= 15 is 0 Å². The van der Waals surface area contributed by atoms with Crippen molar-refractivity contribution >= 4 is 27.5 Å². The molecule has 2 aromatic rings. The smallest absolute Gasteiger partial charge is 0.261 e. The Morgan fingerprint density at radius 3 is 2.25 bits per heavy atom. The average molecular weight is 340 g/mol. The number of aryl methyl sites for hydroxylation is 2. The Morgan fingerprint density at radius 2 is 1.70 bits per heavy atom. The molecule has 0 aliphatic heterocycles. The van der Waals surface area contributed by atoms with E-state index in [9.17, 15) is 13.6 Å². The van der Waals surface area contributed by atoms with Gasteiger partial charge in [0.1, 0.15) is 17.2 Å². The first-order chi connectivity index (χ1) is 9.38. The Hall–Kier alpha value is -1.75. The number of rotatable bonds is 2. The number of hydrogen-bond donors (Lipinski definition) is 1. The van der Waals surface area contributed by atoms with E-state index in [0.29, 0.717) is 5.69 Å². The second-order valence-electron chi connectivity index (χ2n) is 4.52. The summed E-state index contributed by atoms with van der Waals surface area (Å²) in [5.74, 6) is -2.61. The predicted molar refractivity (Wildman–Crippen MR) is 77.9 cm³/mol. The maximum absolute atomic E-state index is 13.7. The molecule has 1 amide bonds. The average Bonchev–Trinajstić information content (AvgIpc) is 2.31. The first-order valence-electron chi connectivity index (χ1n) is 5.91. The molecule has 0 atom stereocenters. The lowest BCUT2D eigenvalue weighted by Crippen LogP contribution is -2.16. The van der Waals surface area contributed by atoms with Crippen molar-refractivity contribution in [1.29, 1.82) is 0 Å². The topological polar surface area (TPSA) is 29.1 Å². The maximum atomic E-state index is 13.7. The summed E-state index contributed by atoms with van der Waals surface area (Å²) in [6.07, 6.45) is 0. The van der Waals surface area contributed by atoms with E-state index in [0.717, 1.165) is 23.3 Å². The molecule has 0 heterocycles. The molecule has 20 heavy (non-hydrogen) atoms. The molecule has 0 aromatic heterocycles. The largest absolute Gasteiger partial charge is 0.322 e. The van der Waals surface area contributed by atoms with Gasteiger partial charge in [0.25, 0.3) is 5.91 Å². The number of hydrogen-bond acceptors (Lipinski definition) is 1. The third kappa shape index (κ3) is 3.04. The van der Waals surface area contributed by atoms with E-state index in [1.807, 2.05) is 26.0 Å². The number of amides is 1. The Morgan fingerprint density at radius 1 is 1.10 bits per heavy atom. The zero-order valence-corrected chi connectivity index (χ0v) is 12.5. The molecule has 0 unspecified atom stereocenters. The van der Waals surface area contributed by atoms with E-state index in [4.69, 9.17) is 0 Å². The minimum atomic E-state index is -0.904. The maximum Gasteiger partial charge on any atom is 0.261 e. The first-order valence-corrected chi connectivity index (χ1v) is 6.71. The second kappa shape index (κ2) is 5.71. The van der Waals surface area contributed by atoms with Crippen LogP contribution in [-0.2, 0) is 0 Å². The summed E-state index contributed by atoms with van der Waals surface area (Å²) in [5.41, 5.74) is 1.81. The predicted octanol–water partition coefficient (Wildman–Crippen LogP) is 4.60. The highest BCUT2D eigenvalue weighted by molar-refractivity contribution is 9.10. The Kier molecular flexibility index (Phi) is 4.18. The van der Waals surface area contributed by atoms with Crippen molar-refractivity contribution in [3.05, 3.63) is 63.1 Å². The molecule has 0 radical (unpaired) electrons. The van der Waals surface area contributed by atoms with E-state index < -0.39 is 23.1 Å². The number of benzene rings is 2. The Balaban J connectivity index is 2.33. The highest BCUT2D eigenvalue weighted by atomic mass is 79.9. The third-order valence-corrected chi connectivity index (χ3v) is 3.32. The summed E-state index contributed by atoms with van der Waals surface area (Å²) in [4.78, 5) is 12.0. The Labute approximate surface area is 123 Å². The third-order valence-electron chi connectivity index (χ3n) is 2.86. The van der Waals surface area contributed by atoms with Gasteiger partial charge in [0.05, 0.1) is 0 Å². The van der Waals surface area contributed by atoms with Crippen LogP contribution in [0.25, 0.3) is 0 Å². The number of halogens is 3. The molecular weight excluding hydrogens is 328 g/mol. The number of nitrogens with one attached hydrogen (secondary N) is 1. The molecule has 2 aromatic carbocycles. The van der Waals surface area contributed by atoms with Crippen LogP contribution < -0.4 is 5.32 Å². The van der Waals surface area contributed by atoms with Crippen LogP contribution in [0, 0.1) is 25.5 Å². The van der Waals surface area contributed by atoms with E-state index in [1.165, 1.54) is 0 Å². The highest BCUT2D eigenvalue weighted by Gasteiger charge is 2.19. The van der Waals surface area contributed by atoms with Gasteiger partial charge in [-0.2, -0.15) is 0 Å². The summed E-state index contributed by atoms with van der Waals surface area (Å²) in [5, 5.41) is 2.52. The molecular formula is C15H12BrF2NO. The lowest BCUT2D eigenvalue weighted by molar-refractivity contribution is 0.101. The fourth-order valence-electron chi connectivity index (χ4n) is 1.90. The van der Waals surface area contributed by atoms with E-state index in [-0.39, 0.29) is 4.47 Å². The second-order valence-corrected chi connectivity index (χ2v) is 5.43.